The lowest BCUT2D eigenvalue weighted by Gasteiger charge is -2.22. The Hall–Kier alpha value is -2.71. The number of rotatable bonds is 6. The van der Waals surface area contributed by atoms with Gasteiger partial charge in [-0.3, -0.25) is 9.59 Å². The molecule has 2 aromatic rings. The Morgan fingerprint density at radius 1 is 1.06 bits per heavy atom. The van der Waals surface area contributed by atoms with E-state index in [9.17, 15) is 18.0 Å². The summed E-state index contributed by atoms with van der Waals surface area (Å²) in [6.07, 6.45) is 0.582. The van der Waals surface area contributed by atoms with Gasteiger partial charge >= 0.3 is 0 Å². The molecule has 2 aromatic carbocycles. The number of hydrogen-bond donors (Lipinski definition) is 2. The summed E-state index contributed by atoms with van der Waals surface area (Å²) in [6, 6.07) is 9.46. The van der Waals surface area contributed by atoms with Gasteiger partial charge in [-0.15, -0.1) is 0 Å². The highest BCUT2D eigenvalue weighted by molar-refractivity contribution is 7.89. The number of anilines is 2. The van der Waals surface area contributed by atoms with Crippen LogP contribution in [-0.4, -0.2) is 32.3 Å². The maximum Gasteiger partial charge on any atom is 0.242 e. The number of benzene rings is 2. The van der Waals surface area contributed by atoms with Crippen LogP contribution in [0.1, 0.15) is 44.4 Å². The van der Waals surface area contributed by atoms with Crippen molar-refractivity contribution in [3.05, 3.63) is 53.1 Å². The molecule has 0 saturated heterocycles. The highest BCUT2D eigenvalue weighted by Crippen LogP contribution is 2.34. The molecule has 1 aliphatic heterocycles. The maximum absolute atomic E-state index is 13.1. The molecule has 0 aliphatic carbocycles. The van der Waals surface area contributed by atoms with Gasteiger partial charge in [0.25, 0.3) is 0 Å². The van der Waals surface area contributed by atoms with Crippen LogP contribution in [0.4, 0.5) is 11.4 Å². The third-order valence-electron chi connectivity index (χ3n) is 5.64. The van der Waals surface area contributed by atoms with E-state index in [0.717, 1.165) is 22.4 Å². The number of carbonyl (C=O) groups excluding carboxylic acids is 2. The summed E-state index contributed by atoms with van der Waals surface area (Å²) in [4.78, 5) is 26.6. The summed E-state index contributed by atoms with van der Waals surface area (Å²) < 4.78 is 28.8. The largest absolute Gasteiger partial charge is 0.325 e. The fourth-order valence-electron chi connectivity index (χ4n) is 4.25. The van der Waals surface area contributed by atoms with Crippen molar-refractivity contribution in [2.24, 2.45) is 5.92 Å². The smallest absolute Gasteiger partial charge is 0.242 e. The summed E-state index contributed by atoms with van der Waals surface area (Å²) in [5, 5.41) is 2.83. The van der Waals surface area contributed by atoms with Crippen LogP contribution >= 0.6 is 0 Å². The first-order chi connectivity index (χ1) is 14.9. The molecule has 8 heteroatoms. The fourth-order valence-corrected chi connectivity index (χ4v) is 5.64. The van der Waals surface area contributed by atoms with Crippen LogP contribution in [-0.2, 0) is 26.0 Å². The summed E-state index contributed by atoms with van der Waals surface area (Å²) >= 11 is 0. The number of hydrogen-bond acceptors (Lipinski definition) is 4. The molecule has 0 spiro atoms. The summed E-state index contributed by atoms with van der Waals surface area (Å²) in [5.74, 6) is -0.752. The summed E-state index contributed by atoms with van der Waals surface area (Å²) in [6.45, 7) is 10.9. The quantitative estimate of drug-likeness (QED) is 0.694. The first kappa shape index (κ1) is 23.9. The second-order valence-electron chi connectivity index (χ2n) is 8.94. The van der Waals surface area contributed by atoms with Crippen molar-refractivity contribution in [2.75, 3.05) is 10.2 Å². The Balaban J connectivity index is 1.84. The molecule has 0 unspecified atom stereocenters. The Labute approximate surface area is 190 Å². The number of fused-ring (bicyclic) bond motifs is 1. The molecule has 0 bridgehead atoms. The molecule has 1 heterocycles. The van der Waals surface area contributed by atoms with Crippen LogP contribution < -0.4 is 14.9 Å². The van der Waals surface area contributed by atoms with Crippen LogP contribution in [0.25, 0.3) is 0 Å². The SMILES string of the molecule is CC(=O)N1c2ccc(S(=O)(=O)N[C@@H](C(=O)Nc3cc(C)cc(C)c3)C(C)C)cc2C[C@@H]1C. The fraction of sp³-hybridized carbons (Fsp3) is 0.417. The normalized spacial score (nSPS) is 16.7. The molecule has 32 heavy (non-hydrogen) atoms. The molecular weight excluding hydrogens is 426 g/mol. The molecule has 3 rings (SSSR count). The van der Waals surface area contributed by atoms with Gasteiger partial charge in [-0.25, -0.2) is 8.42 Å². The van der Waals surface area contributed by atoms with Crippen molar-refractivity contribution in [3.63, 3.8) is 0 Å². The van der Waals surface area contributed by atoms with Crippen LogP contribution in [0, 0.1) is 19.8 Å². The average molecular weight is 458 g/mol. The molecular formula is C24H31N3O4S. The van der Waals surface area contributed by atoms with E-state index < -0.39 is 22.0 Å². The van der Waals surface area contributed by atoms with Gasteiger partial charge in [0, 0.05) is 24.3 Å². The zero-order valence-corrected chi connectivity index (χ0v) is 20.2. The monoisotopic (exact) mass is 457 g/mol. The van der Waals surface area contributed by atoms with Gasteiger partial charge in [0.1, 0.15) is 6.04 Å². The lowest BCUT2D eigenvalue weighted by Crippen LogP contribution is -2.47. The van der Waals surface area contributed by atoms with Crippen molar-refractivity contribution in [1.82, 2.24) is 4.72 Å². The summed E-state index contributed by atoms with van der Waals surface area (Å²) in [5.41, 5.74) is 4.18. The molecule has 7 nitrogen and oxygen atoms in total. The van der Waals surface area contributed by atoms with E-state index in [1.54, 1.807) is 30.9 Å². The van der Waals surface area contributed by atoms with Gasteiger partial charge in [0.05, 0.1) is 4.90 Å². The van der Waals surface area contributed by atoms with Crippen molar-refractivity contribution >= 4 is 33.2 Å². The number of amides is 2. The molecule has 1 aliphatic rings. The van der Waals surface area contributed by atoms with E-state index in [1.165, 1.54) is 13.0 Å². The molecule has 172 valence electrons. The summed E-state index contributed by atoms with van der Waals surface area (Å²) in [7, 11) is -3.95. The Bertz CT molecular complexity index is 1140. The van der Waals surface area contributed by atoms with Gasteiger partial charge in [-0.2, -0.15) is 4.72 Å². The highest BCUT2D eigenvalue weighted by Gasteiger charge is 2.32. The van der Waals surface area contributed by atoms with Gasteiger partial charge in [0.15, 0.2) is 0 Å². The number of nitrogens with one attached hydrogen (secondary N) is 2. The van der Waals surface area contributed by atoms with Crippen molar-refractivity contribution in [2.45, 2.75) is 64.9 Å². The van der Waals surface area contributed by atoms with Crippen LogP contribution in [0.5, 0.6) is 0 Å². The van der Waals surface area contributed by atoms with Crippen LogP contribution in [0.15, 0.2) is 41.3 Å². The Morgan fingerprint density at radius 2 is 1.69 bits per heavy atom. The second-order valence-corrected chi connectivity index (χ2v) is 10.7. The Kier molecular flexibility index (Phi) is 6.76. The third kappa shape index (κ3) is 5.02. The first-order valence-corrected chi connectivity index (χ1v) is 12.2. The third-order valence-corrected chi connectivity index (χ3v) is 7.08. The van der Waals surface area contributed by atoms with Crippen LogP contribution in [0.3, 0.4) is 0 Å². The molecule has 0 fully saturated rings. The lowest BCUT2D eigenvalue weighted by atomic mass is 10.0. The minimum atomic E-state index is -3.95. The molecule has 2 amide bonds. The number of nitrogens with zero attached hydrogens (tertiary/aromatic N) is 1. The zero-order chi connectivity index (χ0) is 23.8. The number of carbonyl (C=O) groups is 2. The van der Waals surface area contributed by atoms with E-state index in [1.807, 2.05) is 39.0 Å². The van der Waals surface area contributed by atoms with Gasteiger partial charge in [-0.05, 0) is 80.1 Å². The lowest BCUT2D eigenvalue weighted by molar-refractivity contribution is -0.118. The molecule has 0 aromatic heterocycles. The molecule has 2 N–H and O–H groups in total. The Morgan fingerprint density at radius 3 is 2.25 bits per heavy atom. The van der Waals surface area contributed by atoms with Crippen molar-refractivity contribution < 1.29 is 18.0 Å². The van der Waals surface area contributed by atoms with Gasteiger partial charge < -0.3 is 10.2 Å². The van der Waals surface area contributed by atoms with E-state index in [-0.39, 0.29) is 22.8 Å². The second kappa shape index (κ2) is 9.03. The van der Waals surface area contributed by atoms with E-state index >= 15 is 0 Å². The number of aryl methyl sites for hydroxylation is 2. The first-order valence-electron chi connectivity index (χ1n) is 10.7. The van der Waals surface area contributed by atoms with E-state index in [0.29, 0.717) is 12.1 Å². The maximum atomic E-state index is 13.1. The van der Waals surface area contributed by atoms with Crippen molar-refractivity contribution in [3.8, 4) is 0 Å². The highest BCUT2D eigenvalue weighted by atomic mass is 32.2. The topological polar surface area (TPSA) is 95.6 Å². The molecule has 0 saturated carbocycles. The minimum Gasteiger partial charge on any atom is -0.325 e. The number of sulfonamides is 1. The average Bonchev–Trinajstić information content (AvgIpc) is 3.00. The minimum absolute atomic E-state index is 0.0274. The van der Waals surface area contributed by atoms with Crippen LogP contribution in [0.2, 0.25) is 0 Å². The predicted octanol–water partition coefficient (Wildman–Crippen LogP) is 3.54. The zero-order valence-electron chi connectivity index (χ0n) is 19.4. The standard InChI is InChI=1S/C24H31N3O4S/c1-14(2)23(24(29)25-20-10-15(3)9-16(4)11-20)26-32(30,31)21-7-8-22-19(13-21)12-17(5)27(22)18(6)28/h7-11,13-14,17,23,26H,12H2,1-6H3,(H,25,29)/t17-,23+/m0/s1. The van der Waals surface area contributed by atoms with Crippen molar-refractivity contribution in [1.29, 1.82) is 0 Å². The van der Waals surface area contributed by atoms with Gasteiger partial charge in [0.2, 0.25) is 21.8 Å². The predicted molar refractivity (Wildman–Crippen MR) is 126 cm³/mol. The van der Waals surface area contributed by atoms with Gasteiger partial charge in [-0.1, -0.05) is 19.9 Å². The van der Waals surface area contributed by atoms with E-state index in [4.69, 9.17) is 0 Å². The molecule has 2 atom stereocenters. The van der Waals surface area contributed by atoms with E-state index in [2.05, 4.69) is 10.0 Å². The molecule has 0 radical (unpaired) electrons.